The number of nitrogens with zero attached hydrogens (tertiary/aromatic N) is 1. The van der Waals surface area contributed by atoms with Crippen LogP contribution in [0.5, 0.6) is 0 Å². The first-order chi connectivity index (χ1) is 7.75. The molecule has 0 radical (unpaired) electrons. The van der Waals surface area contributed by atoms with E-state index in [1.807, 2.05) is 46.7 Å². The summed E-state index contributed by atoms with van der Waals surface area (Å²) in [4.78, 5) is 13.7. The monoisotopic (exact) mass is 245 g/mol. The smallest absolute Gasteiger partial charge is 0.309 e. The van der Waals surface area contributed by atoms with Crippen molar-refractivity contribution in [3.05, 3.63) is 0 Å². The minimum atomic E-state index is -0.145. The van der Waals surface area contributed by atoms with Gasteiger partial charge < -0.3 is 14.4 Å². The highest BCUT2D eigenvalue weighted by Gasteiger charge is 2.27. The first-order valence-electron chi connectivity index (χ1n) is 6.14. The summed E-state index contributed by atoms with van der Waals surface area (Å²) < 4.78 is 10.5. The van der Waals surface area contributed by atoms with Gasteiger partial charge in [-0.3, -0.25) is 4.79 Å². The Bertz CT molecular complexity index is 221. The molecule has 0 saturated carbocycles. The topological polar surface area (TPSA) is 38.8 Å². The number of rotatable bonds is 7. The highest BCUT2D eigenvalue weighted by Crippen LogP contribution is 2.26. The van der Waals surface area contributed by atoms with Crippen LogP contribution in [0.1, 0.15) is 27.7 Å². The number of ether oxygens (including phenoxy) is 2. The number of hydrogen-bond acceptors (Lipinski definition) is 4. The fourth-order valence-corrected chi connectivity index (χ4v) is 1.03. The van der Waals surface area contributed by atoms with Crippen LogP contribution in [0.25, 0.3) is 0 Å². The summed E-state index contributed by atoms with van der Waals surface area (Å²) in [6.07, 6.45) is 0. The van der Waals surface area contributed by atoms with Crippen LogP contribution in [0, 0.1) is 11.3 Å². The van der Waals surface area contributed by atoms with E-state index < -0.39 is 0 Å². The summed E-state index contributed by atoms with van der Waals surface area (Å²) >= 11 is 0. The average Bonchev–Trinajstić information content (AvgIpc) is 2.19. The fourth-order valence-electron chi connectivity index (χ4n) is 1.03. The van der Waals surface area contributed by atoms with Gasteiger partial charge in [0, 0.05) is 6.54 Å². The Morgan fingerprint density at radius 1 is 1.18 bits per heavy atom. The molecule has 0 aliphatic carbocycles. The Morgan fingerprint density at radius 2 is 1.76 bits per heavy atom. The lowest BCUT2D eigenvalue weighted by Gasteiger charge is -2.25. The van der Waals surface area contributed by atoms with E-state index in [9.17, 15) is 4.79 Å². The van der Waals surface area contributed by atoms with E-state index >= 15 is 0 Å². The van der Waals surface area contributed by atoms with Gasteiger partial charge in [0.2, 0.25) is 0 Å². The second-order valence-corrected chi connectivity index (χ2v) is 5.67. The van der Waals surface area contributed by atoms with Gasteiger partial charge in [-0.2, -0.15) is 0 Å². The number of likely N-dealkylation sites (N-methyl/N-ethyl adjacent to an activating group) is 1. The number of hydrogen-bond donors (Lipinski definition) is 0. The van der Waals surface area contributed by atoms with Crippen LogP contribution in [0.2, 0.25) is 0 Å². The molecule has 0 heterocycles. The molecule has 0 aromatic carbocycles. The Balaban J connectivity index is 3.59. The average molecular weight is 245 g/mol. The van der Waals surface area contributed by atoms with E-state index in [0.717, 1.165) is 6.54 Å². The van der Waals surface area contributed by atoms with Gasteiger partial charge in [-0.25, -0.2) is 0 Å². The van der Waals surface area contributed by atoms with Gasteiger partial charge in [0.25, 0.3) is 0 Å². The van der Waals surface area contributed by atoms with Gasteiger partial charge in [0.1, 0.15) is 6.61 Å². The van der Waals surface area contributed by atoms with Crippen molar-refractivity contribution in [1.29, 1.82) is 0 Å². The van der Waals surface area contributed by atoms with Crippen LogP contribution in [-0.2, 0) is 14.3 Å². The Hall–Kier alpha value is -0.610. The number of carbonyl (C=O) groups excluding carboxylic acids is 1. The lowest BCUT2D eigenvalue weighted by atomic mass is 9.82. The molecule has 17 heavy (non-hydrogen) atoms. The van der Waals surface area contributed by atoms with Gasteiger partial charge in [0.05, 0.1) is 19.1 Å². The van der Waals surface area contributed by atoms with Crippen molar-refractivity contribution in [2.75, 3.05) is 40.5 Å². The molecule has 0 rings (SSSR count). The van der Waals surface area contributed by atoms with Crippen molar-refractivity contribution in [1.82, 2.24) is 4.90 Å². The second kappa shape index (κ2) is 7.67. The normalized spacial score (nSPS) is 13.8. The lowest BCUT2D eigenvalue weighted by Crippen LogP contribution is -2.28. The summed E-state index contributed by atoms with van der Waals surface area (Å²) in [6, 6.07) is 0. The molecule has 1 atom stereocenters. The lowest BCUT2D eigenvalue weighted by molar-refractivity contribution is -0.153. The molecule has 0 amide bonds. The van der Waals surface area contributed by atoms with E-state index in [1.165, 1.54) is 0 Å². The van der Waals surface area contributed by atoms with E-state index in [1.54, 1.807) is 0 Å². The van der Waals surface area contributed by atoms with Gasteiger partial charge >= 0.3 is 5.97 Å². The molecule has 4 nitrogen and oxygen atoms in total. The first-order valence-corrected chi connectivity index (χ1v) is 6.14. The van der Waals surface area contributed by atoms with E-state index in [0.29, 0.717) is 19.8 Å². The molecule has 0 aliphatic heterocycles. The minimum absolute atomic E-state index is 0.0527. The van der Waals surface area contributed by atoms with Gasteiger partial charge in [-0.15, -0.1) is 0 Å². The van der Waals surface area contributed by atoms with E-state index in [4.69, 9.17) is 9.47 Å². The van der Waals surface area contributed by atoms with Crippen molar-refractivity contribution in [2.45, 2.75) is 27.7 Å². The maximum absolute atomic E-state index is 11.6. The predicted molar refractivity (Wildman–Crippen MR) is 69.0 cm³/mol. The van der Waals surface area contributed by atoms with Crippen LogP contribution in [0.15, 0.2) is 0 Å². The van der Waals surface area contributed by atoms with Crippen molar-refractivity contribution < 1.29 is 14.3 Å². The van der Waals surface area contributed by atoms with Crippen LogP contribution in [-0.4, -0.2) is 51.3 Å². The van der Waals surface area contributed by atoms with Crippen LogP contribution in [0.4, 0.5) is 0 Å². The summed E-state index contributed by atoms with van der Waals surface area (Å²) in [6.45, 7) is 10.4. The van der Waals surface area contributed by atoms with Gasteiger partial charge in [0.15, 0.2) is 0 Å². The molecule has 0 N–H and O–H groups in total. The minimum Gasteiger partial charge on any atom is -0.463 e. The molecular formula is C13H27NO3. The number of esters is 1. The number of carbonyl (C=O) groups is 1. The van der Waals surface area contributed by atoms with Crippen LogP contribution in [0.3, 0.4) is 0 Å². The largest absolute Gasteiger partial charge is 0.463 e. The summed E-state index contributed by atoms with van der Waals surface area (Å²) in [5.74, 6) is -0.238. The molecule has 0 fully saturated rings. The highest BCUT2D eigenvalue weighted by atomic mass is 16.6. The zero-order valence-corrected chi connectivity index (χ0v) is 12.1. The molecule has 0 saturated heterocycles. The fraction of sp³-hybridized carbons (Fsp3) is 0.923. The van der Waals surface area contributed by atoms with Crippen molar-refractivity contribution in [3.8, 4) is 0 Å². The predicted octanol–water partition coefficient (Wildman–Crippen LogP) is 1.79. The van der Waals surface area contributed by atoms with Gasteiger partial charge in [-0.1, -0.05) is 27.7 Å². The Labute approximate surface area is 105 Å². The first kappa shape index (κ1) is 16.4. The zero-order valence-electron chi connectivity index (χ0n) is 12.1. The van der Waals surface area contributed by atoms with Crippen LogP contribution < -0.4 is 0 Å². The van der Waals surface area contributed by atoms with Crippen molar-refractivity contribution in [3.63, 3.8) is 0 Å². The summed E-state index contributed by atoms with van der Waals surface area (Å²) in [5.41, 5.74) is -0.0527. The summed E-state index contributed by atoms with van der Waals surface area (Å²) in [5, 5.41) is 0. The third kappa shape index (κ3) is 8.16. The maximum atomic E-state index is 11.6. The Morgan fingerprint density at radius 3 is 2.24 bits per heavy atom. The molecule has 0 aliphatic rings. The van der Waals surface area contributed by atoms with E-state index in [2.05, 4.69) is 0 Å². The summed E-state index contributed by atoms with van der Waals surface area (Å²) in [7, 11) is 3.99. The van der Waals surface area contributed by atoms with Crippen LogP contribution >= 0.6 is 0 Å². The molecule has 1 unspecified atom stereocenters. The SMILES string of the molecule is CC(C(=O)OCCOCCN(C)C)C(C)(C)C. The molecule has 0 spiro atoms. The second-order valence-electron chi connectivity index (χ2n) is 5.67. The van der Waals surface area contributed by atoms with E-state index in [-0.39, 0.29) is 17.3 Å². The standard InChI is InChI=1S/C13H27NO3/c1-11(13(2,3)4)12(15)17-10-9-16-8-7-14(5)6/h11H,7-10H2,1-6H3. The van der Waals surface area contributed by atoms with Gasteiger partial charge in [-0.05, 0) is 19.5 Å². The third-order valence-corrected chi connectivity index (χ3v) is 2.81. The Kier molecular flexibility index (Phi) is 7.39. The third-order valence-electron chi connectivity index (χ3n) is 2.81. The quantitative estimate of drug-likeness (QED) is 0.506. The molecule has 0 aromatic rings. The van der Waals surface area contributed by atoms with Crippen molar-refractivity contribution >= 4 is 5.97 Å². The zero-order chi connectivity index (χ0) is 13.5. The molecule has 4 heteroatoms. The highest BCUT2D eigenvalue weighted by molar-refractivity contribution is 5.72. The molecule has 0 aromatic heterocycles. The van der Waals surface area contributed by atoms with Crippen molar-refractivity contribution in [2.24, 2.45) is 11.3 Å². The molecule has 102 valence electrons. The molecule has 0 bridgehead atoms. The maximum Gasteiger partial charge on any atom is 0.309 e. The molecular weight excluding hydrogens is 218 g/mol.